The Morgan fingerprint density at radius 1 is 1.00 bits per heavy atom. The van der Waals surface area contributed by atoms with Crippen LogP contribution in [0.25, 0.3) is 0 Å². The van der Waals surface area contributed by atoms with Crippen molar-refractivity contribution in [1.82, 2.24) is 0 Å². The molecule has 0 bridgehead atoms. The second-order valence-electron chi connectivity index (χ2n) is 6.79. The van der Waals surface area contributed by atoms with Gasteiger partial charge < -0.3 is 9.47 Å². The first kappa shape index (κ1) is 19.5. The lowest BCUT2D eigenvalue weighted by molar-refractivity contribution is 0.267. The third-order valence-corrected chi connectivity index (χ3v) is 6.46. The van der Waals surface area contributed by atoms with Gasteiger partial charge in [-0.2, -0.15) is 0 Å². The molecule has 2 aromatic carbocycles. The number of para-hydroxylation sites is 1. The lowest BCUT2D eigenvalue weighted by atomic mass is 10.1. The molecule has 0 radical (unpaired) electrons. The molecule has 1 aliphatic rings. The molecule has 0 fully saturated rings. The summed E-state index contributed by atoms with van der Waals surface area (Å²) >= 11 is 0. The van der Waals surface area contributed by atoms with Crippen LogP contribution in [0, 0.1) is 0 Å². The van der Waals surface area contributed by atoms with Crippen molar-refractivity contribution >= 4 is 15.7 Å². The summed E-state index contributed by atoms with van der Waals surface area (Å²) in [5, 5.41) is 0. The number of hydrogen-bond acceptors (Lipinski definition) is 4. The van der Waals surface area contributed by atoms with Crippen LogP contribution in [-0.4, -0.2) is 27.7 Å². The molecule has 0 aliphatic carbocycles. The molecule has 27 heavy (non-hydrogen) atoms. The summed E-state index contributed by atoms with van der Waals surface area (Å²) in [6.45, 7) is 7.04. The van der Waals surface area contributed by atoms with Crippen molar-refractivity contribution in [1.29, 1.82) is 0 Å². The van der Waals surface area contributed by atoms with Gasteiger partial charge in [0.25, 0.3) is 10.0 Å². The van der Waals surface area contributed by atoms with Gasteiger partial charge >= 0.3 is 0 Å². The molecular weight excluding hydrogens is 362 g/mol. The topological polar surface area (TPSA) is 55.8 Å². The predicted octanol–water partition coefficient (Wildman–Crippen LogP) is 4.40. The van der Waals surface area contributed by atoms with Crippen molar-refractivity contribution < 1.29 is 17.9 Å². The lowest BCUT2D eigenvalue weighted by Gasteiger charge is -2.25. The normalized spacial score (nSPS) is 16.3. The maximum absolute atomic E-state index is 13.4. The van der Waals surface area contributed by atoms with Crippen molar-refractivity contribution in [2.75, 3.05) is 17.5 Å². The van der Waals surface area contributed by atoms with Gasteiger partial charge in [-0.1, -0.05) is 32.0 Å². The zero-order chi connectivity index (χ0) is 19.4. The molecule has 0 saturated heterocycles. The van der Waals surface area contributed by atoms with Gasteiger partial charge in [0.1, 0.15) is 0 Å². The number of ether oxygens (including phenoxy) is 2. The quantitative estimate of drug-likeness (QED) is 0.671. The second-order valence-corrected chi connectivity index (χ2v) is 8.60. The molecule has 1 aliphatic heterocycles. The standard InChI is InChI=1S/C21H27NO4S/c1-4-12-25-20-11-10-18(15-21(20)26-13-5-2)27(23,24)22-16(3)14-17-8-6-7-9-19(17)22/h6-11,15-16H,4-5,12-14H2,1-3H3. The number of sulfonamides is 1. The van der Waals surface area contributed by atoms with Crippen LogP contribution in [0.1, 0.15) is 39.2 Å². The monoisotopic (exact) mass is 389 g/mol. The first-order valence-corrected chi connectivity index (χ1v) is 10.9. The third kappa shape index (κ3) is 3.90. The highest BCUT2D eigenvalue weighted by atomic mass is 32.2. The Morgan fingerprint density at radius 3 is 2.37 bits per heavy atom. The number of anilines is 1. The van der Waals surface area contributed by atoms with E-state index in [0.717, 1.165) is 24.1 Å². The fourth-order valence-corrected chi connectivity index (χ4v) is 5.03. The van der Waals surface area contributed by atoms with Gasteiger partial charge in [0, 0.05) is 12.1 Å². The fourth-order valence-electron chi connectivity index (χ4n) is 3.32. The van der Waals surface area contributed by atoms with Crippen molar-refractivity contribution in [2.45, 2.75) is 51.0 Å². The van der Waals surface area contributed by atoms with Gasteiger partial charge in [0.05, 0.1) is 23.8 Å². The molecular formula is C21H27NO4S. The fraction of sp³-hybridized carbons (Fsp3) is 0.429. The van der Waals surface area contributed by atoms with Gasteiger partial charge in [-0.3, -0.25) is 4.31 Å². The summed E-state index contributed by atoms with van der Waals surface area (Å²) in [6.07, 6.45) is 2.42. The maximum Gasteiger partial charge on any atom is 0.264 e. The van der Waals surface area contributed by atoms with Gasteiger partial charge in [0.15, 0.2) is 11.5 Å². The second kappa shape index (κ2) is 8.21. The summed E-state index contributed by atoms with van der Waals surface area (Å²) < 4.78 is 39.8. The third-order valence-electron chi connectivity index (χ3n) is 4.54. The molecule has 0 spiro atoms. The average Bonchev–Trinajstić information content (AvgIpc) is 3.01. The largest absolute Gasteiger partial charge is 0.490 e. The first-order valence-electron chi connectivity index (χ1n) is 9.51. The molecule has 1 heterocycles. The molecule has 1 atom stereocenters. The summed E-state index contributed by atoms with van der Waals surface area (Å²) in [6, 6.07) is 12.4. The molecule has 1 unspecified atom stereocenters. The van der Waals surface area contributed by atoms with Gasteiger partial charge in [-0.05, 0) is 49.9 Å². The van der Waals surface area contributed by atoms with Crippen LogP contribution >= 0.6 is 0 Å². The molecule has 0 aromatic heterocycles. The zero-order valence-electron chi connectivity index (χ0n) is 16.1. The first-order chi connectivity index (χ1) is 13.0. The molecule has 0 amide bonds. The van der Waals surface area contributed by atoms with E-state index in [1.54, 1.807) is 18.2 Å². The van der Waals surface area contributed by atoms with Crippen LogP contribution in [0.4, 0.5) is 5.69 Å². The average molecular weight is 390 g/mol. The highest BCUT2D eigenvalue weighted by Crippen LogP contribution is 2.38. The molecule has 0 N–H and O–H groups in total. The molecule has 5 nitrogen and oxygen atoms in total. The molecule has 0 saturated carbocycles. The van der Waals surface area contributed by atoms with E-state index in [2.05, 4.69) is 0 Å². The summed E-state index contributed by atoms with van der Waals surface area (Å²) in [7, 11) is -3.69. The van der Waals surface area contributed by atoms with Gasteiger partial charge in [0.2, 0.25) is 0 Å². The minimum atomic E-state index is -3.69. The zero-order valence-corrected chi connectivity index (χ0v) is 17.0. The Bertz CT molecular complexity index is 895. The van der Waals surface area contributed by atoms with Crippen molar-refractivity contribution in [3.8, 4) is 11.5 Å². The Morgan fingerprint density at radius 2 is 1.67 bits per heavy atom. The van der Waals surface area contributed by atoms with Crippen LogP contribution in [0.5, 0.6) is 11.5 Å². The van der Waals surface area contributed by atoms with Crippen molar-refractivity contribution in [3.63, 3.8) is 0 Å². The summed E-state index contributed by atoms with van der Waals surface area (Å²) in [4.78, 5) is 0.223. The van der Waals surface area contributed by atoms with Crippen LogP contribution in [0.15, 0.2) is 47.4 Å². The summed E-state index contributed by atoms with van der Waals surface area (Å²) in [5.41, 5.74) is 1.81. The van der Waals surface area contributed by atoms with E-state index < -0.39 is 10.0 Å². The SMILES string of the molecule is CCCOc1ccc(S(=O)(=O)N2c3ccccc3CC2C)cc1OCCC. The van der Waals surface area contributed by atoms with Crippen LogP contribution < -0.4 is 13.8 Å². The van der Waals surface area contributed by atoms with E-state index in [9.17, 15) is 8.42 Å². The van der Waals surface area contributed by atoms with E-state index in [-0.39, 0.29) is 10.9 Å². The minimum Gasteiger partial charge on any atom is -0.490 e. The molecule has 3 rings (SSSR count). The number of nitrogens with zero attached hydrogens (tertiary/aromatic N) is 1. The van der Waals surface area contributed by atoms with Crippen molar-refractivity contribution in [2.24, 2.45) is 0 Å². The Hall–Kier alpha value is -2.21. The molecule has 2 aromatic rings. The highest BCUT2D eigenvalue weighted by Gasteiger charge is 2.36. The van der Waals surface area contributed by atoms with E-state index in [0.29, 0.717) is 31.1 Å². The Kier molecular flexibility index (Phi) is 5.95. The molecule has 6 heteroatoms. The van der Waals surface area contributed by atoms with Crippen LogP contribution in [0.3, 0.4) is 0 Å². The van der Waals surface area contributed by atoms with Crippen LogP contribution in [-0.2, 0) is 16.4 Å². The van der Waals surface area contributed by atoms with E-state index in [4.69, 9.17) is 9.47 Å². The lowest BCUT2D eigenvalue weighted by Crippen LogP contribution is -2.35. The van der Waals surface area contributed by atoms with E-state index in [1.165, 1.54) is 4.31 Å². The minimum absolute atomic E-state index is 0.122. The van der Waals surface area contributed by atoms with Crippen molar-refractivity contribution in [3.05, 3.63) is 48.0 Å². The highest BCUT2D eigenvalue weighted by molar-refractivity contribution is 7.92. The maximum atomic E-state index is 13.4. The predicted molar refractivity (Wildman–Crippen MR) is 107 cm³/mol. The number of fused-ring (bicyclic) bond motifs is 1. The smallest absolute Gasteiger partial charge is 0.264 e. The van der Waals surface area contributed by atoms with Gasteiger partial charge in [-0.15, -0.1) is 0 Å². The number of benzene rings is 2. The van der Waals surface area contributed by atoms with Crippen LogP contribution in [0.2, 0.25) is 0 Å². The Labute approximate surface area is 162 Å². The number of rotatable bonds is 8. The van der Waals surface area contributed by atoms with E-state index >= 15 is 0 Å². The Balaban J connectivity index is 1.99. The molecule has 146 valence electrons. The van der Waals surface area contributed by atoms with Gasteiger partial charge in [-0.25, -0.2) is 8.42 Å². The number of hydrogen-bond donors (Lipinski definition) is 0. The summed E-state index contributed by atoms with van der Waals surface area (Å²) in [5.74, 6) is 1.06. The van der Waals surface area contributed by atoms with E-state index in [1.807, 2.05) is 45.0 Å².